The van der Waals surface area contributed by atoms with Gasteiger partial charge in [0.1, 0.15) is 11.5 Å². The Morgan fingerprint density at radius 3 is 2.81 bits per heavy atom. The number of H-pyrrole nitrogens is 1. The molecule has 16 heavy (non-hydrogen) atoms. The number of benzene rings is 1. The van der Waals surface area contributed by atoms with E-state index in [9.17, 15) is 4.79 Å². The van der Waals surface area contributed by atoms with E-state index in [-0.39, 0.29) is 5.69 Å². The lowest BCUT2D eigenvalue weighted by Gasteiger charge is -2.02. The highest BCUT2D eigenvalue weighted by molar-refractivity contribution is 5.85. The van der Waals surface area contributed by atoms with Crippen LogP contribution in [-0.4, -0.2) is 21.0 Å². The standard InChI is InChI=1S/C12H12N2O2/c1-8-4-2-3-5-9(8)6-11-13-7-10(14-11)12(15)16/h2-5,7H,6H2,1H3,(H,13,14)(H,15,16). The highest BCUT2D eigenvalue weighted by atomic mass is 16.4. The molecule has 0 amide bonds. The summed E-state index contributed by atoms with van der Waals surface area (Å²) in [5, 5.41) is 8.75. The molecule has 1 aromatic carbocycles. The van der Waals surface area contributed by atoms with Gasteiger partial charge in [0.15, 0.2) is 0 Å². The van der Waals surface area contributed by atoms with Crippen molar-refractivity contribution in [2.45, 2.75) is 13.3 Å². The minimum Gasteiger partial charge on any atom is -0.477 e. The maximum atomic E-state index is 10.7. The molecule has 2 N–H and O–H groups in total. The van der Waals surface area contributed by atoms with E-state index in [1.54, 1.807) is 0 Å². The molecule has 82 valence electrons. The summed E-state index contributed by atoms with van der Waals surface area (Å²) in [6.45, 7) is 2.02. The molecular formula is C12H12N2O2. The van der Waals surface area contributed by atoms with Crippen molar-refractivity contribution >= 4 is 5.97 Å². The largest absolute Gasteiger partial charge is 0.477 e. The second-order valence-corrected chi connectivity index (χ2v) is 3.65. The molecule has 1 aromatic heterocycles. The van der Waals surface area contributed by atoms with Crippen LogP contribution in [0.25, 0.3) is 0 Å². The quantitative estimate of drug-likeness (QED) is 0.824. The molecule has 4 nitrogen and oxygen atoms in total. The van der Waals surface area contributed by atoms with Gasteiger partial charge in [-0.15, -0.1) is 0 Å². The van der Waals surface area contributed by atoms with Gasteiger partial charge in [-0.05, 0) is 18.1 Å². The molecule has 0 aliphatic rings. The molecule has 2 rings (SSSR count). The summed E-state index contributed by atoms with van der Waals surface area (Å²) in [5.74, 6) is -0.310. The summed E-state index contributed by atoms with van der Waals surface area (Å²) in [7, 11) is 0. The van der Waals surface area contributed by atoms with Crippen LogP contribution < -0.4 is 0 Å². The summed E-state index contributed by atoms with van der Waals surface area (Å²) >= 11 is 0. The Labute approximate surface area is 93.0 Å². The third kappa shape index (κ3) is 2.11. The van der Waals surface area contributed by atoms with Crippen LogP contribution in [-0.2, 0) is 6.42 Å². The lowest BCUT2D eigenvalue weighted by Crippen LogP contribution is -1.98. The monoisotopic (exact) mass is 216 g/mol. The molecule has 0 bridgehead atoms. The number of aryl methyl sites for hydroxylation is 1. The van der Waals surface area contributed by atoms with Crippen LogP contribution in [0.3, 0.4) is 0 Å². The molecule has 0 aliphatic carbocycles. The average Bonchev–Trinajstić information content (AvgIpc) is 2.70. The van der Waals surface area contributed by atoms with Gasteiger partial charge in [-0.2, -0.15) is 0 Å². The van der Waals surface area contributed by atoms with E-state index in [0.717, 1.165) is 5.56 Å². The van der Waals surface area contributed by atoms with Crippen LogP contribution in [0.5, 0.6) is 0 Å². The first kappa shape index (κ1) is 10.4. The van der Waals surface area contributed by atoms with Crippen molar-refractivity contribution in [2.75, 3.05) is 0 Å². The third-order valence-electron chi connectivity index (χ3n) is 2.48. The zero-order valence-electron chi connectivity index (χ0n) is 8.90. The van der Waals surface area contributed by atoms with E-state index < -0.39 is 5.97 Å². The summed E-state index contributed by atoms with van der Waals surface area (Å²) in [5.41, 5.74) is 2.45. The van der Waals surface area contributed by atoms with Gasteiger partial charge in [0.2, 0.25) is 0 Å². The van der Waals surface area contributed by atoms with E-state index in [0.29, 0.717) is 12.2 Å². The molecule has 1 heterocycles. The van der Waals surface area contributed by atoms with Crippen LogP contribution in [0.15, 0.2) is 30.5 Å². The SMILES string of the molecule is Cc1ccccc1Cc1ncc(C(=O)O)[nH]1. The summed E-state index contributed by atoms with van der Waals surface area (Å²) < 4.78 is 0. The van der Waals surface area contributed by atoms with Crippen molar-refractivity contribution in [3.8, 4) is 0 Å². The molecule has 2 aromatic rings. The topological polar surface area (TPSA) is 66.0 Å². The Morgan fingerprint density at radius 2 is 2.19 bits per heavy atom. The van der Waals surface area contributed by atoms with Crippen molar-refractivity contribution < 1.29 is 9.90 Å². The molecule has 4 heteroatoms. The summed E-state index contributed by atoms with van der Waals surface area (Å²) in [4.78, 5) is 17.5. The van der Waals surface area contributed by atoms with Crippen molar-refractivity contribution in [3.05, 3.63) is 53.1 Å². The first-order valence-electron chi connectivity index (χ1n) is 4.98. The van der Waals surface area contributed by atoms with Gasteiger partial charge in [-0.1, -0.05) is 24.3 Å². The predicted octanol–water partition coefficient (Wildman–Crippen LogP) is 2.01. The number of hydrogen-bond donors (Lipinski definition) is 2. The van der Waals surface area contributed by atoms with Crippen molar-refractivity contribution in [2.24, 2.45) is 0 Å². The van der Waals surface area contributed by atoms with Gasteiger partial charge in [0.25, 0.3) is 0 Å². The maximum absolute atomic E-state index is 10.7. The second-order valence-electron chi connectivity index (χ2n) is 3.65. The van der Waals surface area contributed by atoms with Gasteiger partial charge in [-0.3, -0.25) is 0 Å². The number of carbonyl (C=O) groups is 1. The van der Waals surface area contributed by atoms with E-state index in [4.69, 9.17) is 5.11 Å². The number of aromatic nitrogens is 2. The smallest absolute Gasteiger partial charge is 0.353 e. The molecule has 0 aliphatic heterocycles. The Kier molecular flexibility index (Phi) is 2.72. The lowest BCUT2D eigenvalue weighted by molar-refractivity contribution is 0.0691. The number of carboxylic acids is 1. The predicted molar refractivity (Wildman–Crippen MR) is 59.5 cm³/mol. The normalized spacial score (nSPS) is 10.3. The molecule has 0 saturated carbocycles. The average molecular weight is 216 g/mol. The molecule has 0 radical (unpaired) electrons. The number of nitrogens with one attached hydrogen (secondary N) is 1. The zero-order valence-corrected chi connectivity index (χ0v) is 8.90. The van der Waals surface area contributed by atoms with E-state index in [2.05, 4.69) is 9.97 Å². The maximum Gasteiger partial charge on any atom is 0.353 e. The highest BCUT2D eigenvalue weighted by Crippen LogP contribution is 2.11. The van der Waals surface area contributed by atoms with Crippen molar-refractivity contribution in [3.63, 3.8) is 0 Å². The van der Waals surface area contributed by atoms with Crippen molar-refractivity contribution in [1.82, 2.24) is 9.97 Å². The number of aromatic amines is 1. The minimum atomic E-state index is -0.983. The van der Waals surface area contributed by atoms with Gasteiger partial charge in [0.05, 0.1) is 6.20 Å². The molecular weight excluding hydrogens is 204 g/mol. The fourth-order valence-electron chi connectivity index (χ4n) is 1.55. The molecule has 0 atom stereocenters. The molecule has 0 unspecified atom stereocenters. The minimum absolute atomic E-state index is 0.128. The van der Waals surface area contributed by atoms with E-state index in [1.807, 2.05) is 31.2 Å². The molecule has 0 fully saturated rings. The number of carboxylic acid groups (broad SMARTS) is 1. The van der Waals surface area contributed by atoms with Crippen LogP contribution in [0.2, 0.25) is 0 Å². The number of rotatable bonds is 3. The number of hydrogen-bond acceptors (Lipinski definition) is 2. The number of nitrogens with zero attached hydrogens (tertiary/aromatic N) is 1. The van der Waals surface area contributed by atoms with E-state index in [1.165, 1.54) is 11.8 Å². The molecule has 0 spiro atoms. The first-order chi connectivity index (χ1) is 7.66. The van der Waals surface area contributed by atoms with E-state index >= 15 is 0 Å². The fraction of sp³-hybridized carbons (Fsp3) is 0.167. The van der Waals surface area contributed by atoms with Crippen LogP contribution in [0.1, 0.15) is 27.4 Å². The van der Waals surface area contributed by atoms with Crippen LogP contribution in [0, 0.1) is 6.92 Å². The molecule has 0 saturated heterocycles. The third-order valence-corrected chi connectivity index (χ3v) is 2.48. The lowest BCUT2D eigenvalue weighted by atomic mass is 10.1. The second kappa shape index (κ2) is 4.18. The Hall–Kier alpha value is -2.10. The Bertz CT molecular complexity index is 517. The van der Waals surface area contributed by atoms with Gasteiger partial charge >= 0.3 is 5.97 Å². The zero-order chi connectivity index (χ0) is 11.5. The van der Waals surface area contributed by atoms with Gasteiger partial charge in [-0.25, -0.2) is 9.78 Å². The van der Waals surface area contributed by atoms with Gasteiger partial charge < -0.3 is 10.1 Å². The van der Waals surface area contributed by atoms with Crippen LogP contribution >= 0.6 is 0 Å². The Morgan fingerprint density at radius 1 is 1.44 bits per heavy atom. The van der Waals surface area contributed by atoms with Crippen LogP contribution in [0.4, 0.5) is 0 Å². The summed E-state index contributed by atoms with van der Waals surface area (Å²) in [6.07, 6.45) is 1.97. The summed E-state index contributed by atoms with van der Waals surface area (Å²) in [6, 6.07) is 7.97. The number of imidazole rings is 1. The fourth-order valence-corrected chi connectivity index (χ4v) is 1.55. The first-order valence-corrected chi connectivity index (χ1v) is 4.98. The van der Waals surface area contributed by atoms with Gasteiger partial charge in [0, 0.05) is 6.42 Å². The number of aromatic carboxylic acids is 1. The highest BCUT2D eigenvalue weighted by Gasteiger charge is 2.08. The Balaban J connectivity index is 2.21. The van der Waals surface area contributed by atoms with Crippen molar-refractivity contribution in [1.29, 1.82) is 0 Å².